The minimum Gasteiger partial charge on any atom is -0.469 e. The lowest BCUT2D eigenvalue weighted by molar-refractivity contribution is -0.139. The highest BCUT2D eigenvalue weighted by Crippen LogP contribution is 2.28. The maximum atomic E-state index is 12.8. The molecule has 0 radical (unpaired) electrons. The number of nitrogens with zero attached hydrogens (tertiary/aromatic N) is 2. The summed E-state index contributed by atoms with van der Waals surface area (Å²) in [4.78, 5) is 14.7. The number of hydrogen-bond acceptors (Lipinski definition) is 5. The van der Waals surface area contributed by atoms with E-state index in [1.807, 2.05) is 0 Å². The zero-order chi connectivity index (χ0) is 13.0. The largest absolute Gasteiger partial charge is 0.469 e. The third-order valence-corrected chi connectivity index (χ3v) is 2.10. The molecule has 0 unspecified atom stereocenters. The van der Waals surface area contributed by atoms with E-state index in [9.17, 15) is 13.6 Å². The second kappa shape index (κ2) is 5.21. The van der Waals surface area contributed by atoms with Gasteiger partial charge in [0, 0.05) is 0 Å². The first-order valence-corrected chi connectivity index (χ1v) is 4.53. The summed E-state index contributed by atoms with van der Waals surface area (Å²) in [6.45, 7) is 0. The lowest BCUT2D eigenvalue weighted by Gasteiger charge is -2.10. The summed E-state index contributed by atoms with van der Waals surface area (Å²) in [5.74, 6) is -0.715. The SMILES string of the molecule is COC(=O)Cc1ncc(N)c(C#N)c1C(F)F. The average molecular weight is 241 g/mol. The van der Waals surface area contributed by atoms with Crippen LogP contribution in [0.3, 0.4) is 0 Å². The Morgan fingerprint density at radius 2 is 2.35 bits per heavy atom. The van der Waals surface area contributed by atoms with Gasteiger partial charge in [-0.25, -0.2) is 8.78 Å². The van der Waals surface area contributed by atoms with E-state index in [1.165, 1.54) is 0 Å². The number of carbonyl (C=O) groups excluding carboxylic acids is 1. The van der Waals surface area contributed by atoms with Gasteiger partial charge in [0.15, 0.2) is 0 Å². The number of aromatic nitrogens is 1. The van der Waals surface area contributed by atoms with Gasteiger partial charge >= 0.3 is 5.97 Å². The first-order valence-electron chi connectivity index (χ1n) is 4.53. The van der Waals surface area contributed by atoms with Crippen LogP contribution in [0.1, 0.15) is 23.2 Å². The number of nitrogen functional groups attached to an aromatic ring is 1. The molecule has 0 saturated carbocycles. The molecule has 1 aromatic rings. The maximum absolute atomic E-state index is 12.8. The Labute approximate surface area is 95.8 Å². The quantitative estimate of drug-likeness (QED) is 0.803. The van der Waals surface area contributed by atoms with Crippen LogP contribution in [0.4, 0.5) is 14.5 Å². The topological polar surface area (TPSA) is 89.0 Å². The molecule has 0 bridgehead atoms. The third-order valence-electron chi connectivity index (χ3n) is 2.10. The van der Waals surface area contributed by atoms with Gasteiger partial charge in [-0.05, 0) is 0 Å². The van der Waals surface area contributed by atoms with Gasteiger partial charge < -0.3 is 10.5 Å². The number of nitriles is 1. The summed E-state index contributed by atoms with van der Waals surface area (Å²) >= 11 is 0. The highest BCUT2D eigenvalue weighted by atomic mass is 19.3. The highest BCUT2D eigenvalue weighted by molar-refractivity contribution is 5.73. The predicted octanol–water partition coefficient (Wildman–Crippen LogP) is 1.19. The van der Waals surface area contributed by atoms with Crippen LogP contribution in [0, 0.1) is 11.3 Å². The predicted molar refractivity (Wildman–Crippen MR) is 54.0 cm³/mol. The second-order valence-corrected chi connectivity index (χ2v) is 3.11. The second-order valence-electron chi connectivity index (χ2n) is 3.11. The van der Waals surface area contributed by atoms with Crippen LogP contribution in [0.25, 0.3) is 0 Å². The number of alkyl halides is 2. The Bertz CT molecular complexity index is 483. The number of rotatable bonds is 3. The average Bonchev–Trinajstić information content (AvgIpc) is 2.30. The summed E-state index contributed by atoms with van der Waals surface area (Å²) in [6.07, 6.45) is -2.28. The highest BCUT2D eigenvalue weighted by Gasteiger charge is 2.23. The van der Waals surface area contributed by atoms with Crippen molar-refractivity contribution in [2.24, 2.45) is 0 Å². The van der Waals surface area contributed by atoms with Gasteiger partial charge in [-0.2, -0.15) is 5.26 Å². The standard InChI is InChI=1S/C10H9F2N3O2/c1-17-8(16)2-7-9(10(11)12)5(3-13)6(14)4-15-7/h4,10H,2,14H2,1H3. The molecule has 0 aromatic carbocycles. The van der Waals surface area contributed by atoms with Crippen molar-refractivity contribution in [2.45, 2.75) is 12.8 Å². The Morgan fingerprint density at radius 1 is 1.71 bits per heavy atom. The number of halogens is 2. The molecule has 0 saturated heterocycles. The zero-order valence-electron chi connectivity index (χ0n) is 8.91. The number of anilines is 1. The van der Waals surface area contributed by atoms with Crippen molar-refractivity contribution in [1.29, 1.82) is 5.26 Å². The van der Waals surface area contributed by atoms with E-state index in [0.29, 0.717) is 0 Å². The van der Waals surface area contributed by atoms with E-state index in [0.717, 1.165) is 13.3 Å². The first-order chi connectivity index (χ1) is 8.01. The van der Waals surface area contributed by atoms with E-state index in [-0.39, 0.29) is 16.9 Å². The summed E-state index contributed by atoms with van der Waals surface area (Å²) < 4.78 is 30.0. The molecule has 0 aliphatic heterocycles. The number of methoxy groups -OCH3 is 1. The van der Waals surface area contributed by atoms with Gasteiger partial charge in [-0.3, -0.25) is 9.78 Å². The van der Waals surface area contributed by atoms with E-state index in [1.54, 1.807) is 6.07 Å². The fourth-order valence-corrected chi connectivity index (χ4v) is 1.29. The van der Waals surface area contributed by atoms with Crippen molar-refractivity contribution < 1.29 is 18.3 Å². The molecular weight excluding hydrogens is 232 g/mol. The molecule has 2 N–H and O–H groups in total. The Morgan fingerprint density at radius 3 is 2.82 bits per heavy atom. The van der Waals surface area contributed by atoms with Crippen LogP contribution in [-0.2, 0) is 16.0 Å². The summed E-state index contributed by atoms with van der Waals surface area (Å²) in [7, 11) is 1.13. The van der Waals surface area contributed by atoms with Crippen LogP contribution in [-0.4, -0.2) is 18.1 Å². The van der Waals surface area contributed by atoms with Crippen molar-refractivity contribution in [3.8, 4) is 6.07 Å². The molecule has 1 aromatic heterocycles. The van der Waals surface area contributed by atoms with Gasteiger partial charge in [0.2, 0.25) is 0 Å². The molecule has 0 amide bonds. The molecule has 1 heterocycles. The molecule has 0 atom stereocenters. The third kappa shape index (κ3) is 2.66. The number of ether oxygens (including phenoxy) is 1. The van der Waals surface area contributed by atoms with Crippen molar-refractivity contribution in [2.75, 3.05) is 12.8 Å². The zero-order valence-corrected chi connectivity index (χ0v) is 8.91. The number of esters is 1. The normalized spacial score (nSPS) is 10.1. The van der Waals surface area contributed by atoms with Crippen molar-refractivity contribution >= 4 is 11.7 Å². The molecule has 0 aliphatic rings. The van der Waals surface area contributed by atoms with Crippen LogP contribution in [0.15, 0.2) is 6.20 Å². The van der Waals surface area contributed by atoms with E-state index < -0.39 is 24.4 Å². The van der Waals surface area contributed by atoms with Gasteiger partial charge in [-0.1, -0.05) is 0 Å². The van der Waals surface area contributed by atoms with Gasteiger partial charge in [0.1, 0.15) is 6.07 Å². The lowest BCUT2D eigenvalue weighted by atomic mass is 10.0. The number of pyridine rings is 1. The van der Waals surface area contributed by atoms with Crippen LogP contribution >= 0.6 is 0 Å². The Balaban J connectivity index is 3.31. The number of carbonyl (C=O) groups is 1. The van der Waals surface area contributed by atoms with Crippen molar-refractivity contribution in [3.05, 3.63) is 23.0 Å². The minimum atomic E-state index is -2.93. The lowest BCUT2D eigenvalue weighted by Crippen LogP contribution is -2.11. The van der Waals surface area contributed by atoms with Crippen LogP contribution < -0.4 is 5.73 Å². The Kier molecular flexibility index (Phi) is 3.93. The first kappa shape index (κ1) is 12.8. The fraction of sp³-hybridized carbons (Fsp3) is 0.300. The summed E-state index contributed by atoms with van der Waals surface area (Å²) in [6, 6.07) is 1.58. The number of nitrogens with two attached hydrogens (primary N) is 1. The molecular formula is C10H9F2N3O2. The summed E-state index contributed by atoms with van der Waals surface area (Å²) in [5, 5.41) is 8.76. The van der Waals surface area contributed by atoms with Gasteiger partial charge in [-0.15, -0.1) is 0 Å². The Hall–Kier alpha value is -2.23. The number of hydrogen-bond donors (Lipinski definition) is 1. The van der Waals surface area contributed by atoms with Crippen molar-refractivity contribution in [3.63, 3.8) is 0 Å². The minimum absolute atomic E-state index is 0.142. The summed E-state index contributed by atoms with van der Waals surface area (Å²) in [5.41, 5.74) is 4.06. The molecule has 5 nitrogen and oxygen atoms in total. The molecule has 0 spiro atoms. The molecule has 1 rings (SSSR count). The molecule has 7 heteroatoms. The molecule has 90 valence electrons. The maximum Gasteiger partial charge on any atom is 0.311 e. The van der Waals surface area contributed by atoms with Gasteiger partial charge in [0.25, 0.3) is 6.43 Å². The van der Waals surface area contributed by atoms with Gasteiger partial charge in [0.05, 0.1) is 42.2 Å². The molecule has 17 heavy (non-hydrogen) atoms. The van der Waals surface area contributed by atoms with Crippen molar-refractivity contribution in [1.82, 2.24) is 4.98 Å². The smallest absolute Gasteiger partial charge is 0.311 e. The van der Waals surface area contributed by atoms with E-state index in [4.69, 9.17) is 11.0 Å². The van der Waals surface area contributed by atoms with E-state index in [2.05, 4.69) is 9.72 Å². The van der Waals surface area contributed by atoms with Crippen LogP contribution in [0.5, 0.6) is 0 Å². The van der Waals surface area contributed by atoms with E-state index >= 15 is 0 Å². The fourth-order valence-electron chi connectivity index (χ4n) is 1.29. The van der Waals surface area contributed by atoms with Crippen LogP contribution in [0.2, 0.25) is 0 Å². The molecule has 0 aliphatic carbocycles. The monoisotopic (exact) mass is 241 g/mol. The molecule has 0 fully saturated rings.